The Morgan fingerprint density at radius 2 is 2.16 bits per heavy atom. The van der Waals surface area contributed by atoms with E-state index in [1.807, 2.05) is 43.8 Å². The number of aldehydes is 1. The molecule has 0 spiro atoms. The van der Waals surface area contributed by atoms with Crippen LogP contribution in [0.5, 0.6) is 0 Å². The standard InChI is InChI=1S/C15H14N2O2/c1-9-13(8-18)19-10(2)14(9)11-7-17(3)12-5-4-6-16-15(11)12/h4-8H,1-3H3. The Morgan fingerprint density at radius 3 is 2.84 bits per heavy atom. The molecule has 3 aromatic heterocycles. The van der Waals surface area contributed by atoms with Crippen molar-refractivity contribution in [3.05, 3.63) is 41.6 Å². The minimum Gasteiger partial charge on any atom is -0.458 e. The van der Waals surface area contributed by atoms with E-state index in [0.717, 1.165) is 39.8 Å². The molecule has 4 heteroatoms. The molecule has 0 aliphatic heterocycles. The van der Waals surface area contributed by atoms with Gasteiger partial charge in [-0.25, -0.2) is 0 Å². The predicted octanol–water partition coefficient (Wildman–Crippen LogP) is 3.26. The van der Waals surface area contributed by atoms with Gasteiger partial charge in [0.05, 0.1) is 11.0 Å². The van der Waals surface area contributed by atoms with Crippen molar-refractivity contribution in [3.63, 3.8) is 0 Å². The number of carbonyl (C=O) groups is 1. The number of carbonyl (C=O) groups excluding carboxylic acids is 1. The highest BCUT2D eigenvalue weighted by molar-refractivity contribution is 5.95. The molecular weight excluding hydrogens is 240 g/mol. The average Bonchev–Trinajstić information content (AvgIpc) is 2.88. The molecule has 96 valence electrons. The third kappa shape index (κ3) is 1.60. The first-order valence-electron chi connectivity index (χ1n) is 6.09. The fourth-order valence-electron chi connectivity index (χ4n) is 2.58. The largest absolute Gasteiger partial charge is 0.458 e. The monoisotopic (exact) mass is 254 g/mol. The Labute approximate surface area is 110 Å². The van der Waals surface area contributed by atoms with E-state index in [4.69, 9.17) is 4.42 Å². The number of aryl methyl sites for hydroxylation is 2. The second-order valence-electron chi connectivity index (χ2n) is 4.67. The molecule has 0 atom stereocenters. The summed E-state index contributed by atoms with van der Waals surface area (Å²) in [5.41, 5.74) is 4.82. The van der Waals surface area contributed by atoms with Crippen molar-refractivity contribution in [2.45, 2.75) is 13.8 Å². The van der Waals surface area contributed by atoms with Gasteiger partial charge in [-0.3, -0.25) is 9.78 Å². The van der Waals surface area contributed by atoms with Crippen molar-refractivity contribution >= 4 is 17.3 Å². The van der Waals surface area contributed by atoms with Crippen molar-refractivity contribution in [2.75, 3.05) is 0 Å². The third-order valence-electron chi connectivity index (χ3n) is 3.48. The van der Waals surface area contributed by atoms with Gasteiger partial charge in [0.15, 0.2) is 12.0 Å². The molecule has 0 amide bonds. The summed E-state index contributed by atoms with van der Waals surface area (Å²) >= 11 is 0. The van der Waals surface area contributed by atoms with Crippen molar-refractivity contribution in [1.29, 1.82) is 0 Å². The molecule has 0 aromatic carbocycles. The molecule has 0 bridgehead atoms. The van der Waals surface area contributed by atoms with Gasteiger partial charge in [-0.1, -0.05) is 0 Å². The summed E-state index contributed by atoms with van der Waals surface area (Å²) in [7, 11) is 1.99. The van der Waals surface area contributed by atoms with Crippen LogP contribution < -0.4 is 0 Å². The van der Waals surface area contributed by atoms with Gasteiger partial charge in [0.2, 0.25) is 0 Å². The van der Waals surface area contributed by atoms with Crippen LogP contribution in [0.2, 0.25) is 0 Å². The summed E-state index contributed by atoms with van der Waals surface area (Å²) in [6.45, 7) is 3.77. The summed E-state index contributed by atoms with van der Waals surface area (Å²) in [6.07, 6.45) is 4.55. The Balaban J connectivity index is 2.37. The lowest BCUT2D eigenvalue weighted by Gasteiger charge is -1.98. The van der Waals surface area contributed by atoms with Crippen LogP contribution in [0.15, 0.2) is 28.9 Å². The van der Waals surface area contributed by atoms with Crippen LogP contribution in [0.3, 0.4) is 0 Å². The number of furan rings is 1. The molecule has 3 aromatic rings. The van der Waals surface area contributed by atoms with Gasteiger partial charge in [-0.2, -0.15) is 0 Å². The predicted molar refractivity (Wildman–Crippen MR) is 73.3 cm³/mol. The minimum absolute atomic E-state index is 0.389. The number of aromatic nitrogens is 2. The Morgan fingerprint density at radius 1 is 1.37 bits per heavy atom. The smallest absolute Gasteiger partial charge is 0.185 e. The van der Waals surface area contributed by atoms with E-state index in [9.17, 15) is 4.79 Å². The lowest BCUT2D eigenvalue weighted by molar-refractivity contribution is 0.109. The molecular formula is C15H14N2O2. The van der Waals surface area contributed by atoms with Gasteiger partial charge in [0.1, 0.15) is 5.76 Å². The lowest BCUT2D eigenvalue weighted by Crippen LogP contribution is -1.83. The fourth-order valence-corrected chi connectivity index (χ4v) is 2.58. The zero-order valence-corrected chi connectivity index (χ0v) is 11.1. The first-order valence-corrected chi connectivity index (χ1v) is 6.09. The summed E-state index contributed by atoms with van der Waals surface area (Å²) in [5, 5.41) is 0. The molecule has 19 heavy (non-hydrogen) atoms. The van der Waals surface area contributed by atoms with E-state index in [2.05, 4.69) is 4.98 Å². The van der Waals surface area contributed by atoms with Crippen LogP contribution in [-0.4, -0.2) is 15.8 Å². The molecule has 0 fully saturated rings. The normalized spacial score (nSPS) is 11.1. The van der Waals surface area contributed by atoms with Gasteiger partial charge in [-0.05, 0) is 26.0 Å². The first-order chi connectivity index (χ1) is 9.13. The number of hydrogen-bond acceptors (Lipinski definition) is 3. The second-order valence-corrected chi connectivity index (χ2v) is 4.67. The summed E-state index contributed by atoms with van der Waals surface area (Å²) in [4.78, 5) is 15.4. The molecule has 0 aliphatic carbocycles. The topological polar surface area (TPSA) is 48.0 Å². The average molecular weight is 254 g/mol. The van der Waals surface area contributed by atoms with Gasteiger partial charge in [0, 0.05) is 36.1 Å². The first kappa shape index (κ1) is 11.7. The fraction of sp³-hybridized carbons (Fsp3) is 0.200. The molecule has 0 saturated heterocycles. The van der Waals surface area contributed by atoms with Gasteiger partial charge < -0.3 is 8.98 Å². The van der Waals surface area contributed by atoms with Gasteiger partial charge in [0.25, 0.3) is 0 Å². The molecule has 0 radical (unpaired) electrons. The van der Waals surface area contributed by atoms with Gasteiger partial charge in [-0.15, -0.1) is 0 Å². The van der Waals surface area contributed by atoms with Crippen LogP contribution in [0.4, 0.5) is 0 Å². The van der Waals surface area contributed by atoms with E-state index in [1.165, 1.54) is 0 Å². The molecule has 0 aliphatic rings. The zero-order chi connectivity index (χ0) is 13.6. The van der Waals surface area contributed by atoms with Gasteiger partial charge >= 0.3 is 0 Å². The number of hydrogen-bond donors (Lipinski definition) is 0. The number of rotatable bonds is 2. The highest BCUT2D eigenvalue weighted by Crippen LogP contribution is 2.35. The van der Waals surface area contributed by atoms with Crippen LogP contribution in [0.25, 0.3) is 22.2 Å². The molecule has 3 rings (SSSR count). The van der Waals surface area contributed by atoms with Crippen molar-refractivity contribution in [3.8, 4) is 11.1 Å². The lowest BCUT2D eigenvalue weighted by atomic mass is 10.0. The van der Waals surface area contributed by atoms with Crippen LogP contribution in [0, 0.1) is 13.8 Å². The summed E-state index contributed by atoms with van der Waals surface area (Å²) < 4.78 is 7.53. The zero-order valence-electron chi connectivity index (χ0n) is 11.1. The highest BCUT2D eigenvalue weighted by atomic mass is 16.3. The molecule has 3 heterocycles. The van der Waals surface area contributed by atoms with Crippen LogP contribution >= 0.6 is 0 Å². The third-order valence-corrected chi connectivity index (χ3v) is 3.48. The Bertz CT molecular complexity index is 781. The van der Waals surface area contributed by atoms with E-state index < -0.39 is 0 Å². The van der Waals surface area contributed by atoms with E-state index >= 15 is 0 Å². The molecule has 0 N–H and O–H groups in total. The number of pyridine rings is 1. The molecule has 4 nitrogen and oxygen atoms in total. The molecule has 0 saturated carbocycles. The van der Waals surface area contributed by atoms with E-state index in [1.54, 1.807) is 6.20 Å². The van der Waals surface area contributed by atoms with Crippen molar-refractivity contribution in [2.24, 2.45) is 7.05 Å². The Hall–Kier alpha value is -2.36. The maximum Gasteiger partial charge on any atom is 0.185 e. The minimum atomic E-state index is 0.389. The highest BCUT2D eigenvalue weighted by Gasteiger charge is 2.19. The van der Waals surface area contributed by atoms with Crippen molar-refractivity contribution < 1.29 is 9.21 Å². The van der Waals surface area contributed by atoms with Crippen LogP contribution in [0.1, 0.15) is 21.9 Å². The summed E-state index contributed by atoms with van der Waals surface area (Å²) in [5.74, 6) is 1.14. The Kier molecular flexibility index (Phi) is 2.52. The van der Waals surface area contributed by atoms with Crippen molar-refractivity contribution in [1.82, 2.24) is 9.55 Å². The maximum atomic E-state index is 11.0. The van der Waals surface area contributed by atoms with Crippen LogP contribution in [-0.2, 0) is 7.05 Å². The number of fused-ring (bicyclic) bond motifs is 1. The molecule has 0 unspecified atom stereocenters. The second kappa shape index (κ2) is 4.09. The van der Waals surface area contributed by atoms with E-state index in [-0.39, 0.29) is 0 Å². The SMILES string of the molecule is Cc1oc(C=O)c(C)c1-c1cn(C)c2cccnc12. The summed E-state index contributed by atoms with van der Waals surface area (Å²) in [6, 6.07) is 3.94. The quantitative estimate of drug-likeness (QED) is 0.659. The number of nitrogens with zero attached hydrogens (tertiary/aromatic N) is 2. The van der Waals surface area contributed by atoms with E-state index in [0.29, 0.717) is 5.76 Å². The maximum absolute atomic E-state index is 11.0.